The van der Waals surface area contributed by atoms with Crippen LogP contribution in [0.3, 0.4) is 0 Å². The first-order chi connectivity index (χ1) is 10.3. The molecule has 7 nitrogen and oxygen atoms in total. The van der Waals surface area contributed by atoms with Crippen molar-refractivity contribution in [1.29, 1.82) is 0 Å². The fraction of sp³-hybridized carbons (Fsp3) is 0.286. The Bertz CT molecular complexity index is 650. The molecule has 120 valence electrons. The number of carbonyl (C=O) groups excluding carboxylic acids is 1. The summed E-state index contributed by atoms with van der Waals surface area (Å²) in [6.45, 7) is 0.298. The predicted molar refractivity (Wildman–Crippen MR) is 83.8 cm³/mol. The summed E-state index contributed by atoms with van der Waals surface area (Å²) in [4.78, 5) is 21.8. The summed E-state index contributed by atoms with van der Waals surface area (Å²) >= 11 is 0. The molecule has 8 heteroatoms. The van der Waals surface area contributed by atoms with E-state index in [9.17, 15) is 18.0 Å². The maximum absolute atomic E-state index is 11.5. The van der Waals surface area contributed by atoms with Gasteiger partial charge in [-0.1, -0.05) is 12.1 Å². The van der Waals surface area contributed by atoms with Crippen molar-refractivity contribution in [2.24, 2.45) is 0 Å². The van der Waals surface area contributed by atoms with Crippen LogP contribution in [0.5, 0.6) is 0 Å². The lowest BCUT2D eigenvalue weighted by Gasteiger charge is -2.03. The van der Waals surface area contributed by atoms with Gasteiger partial charge in [0.15, 0.2) is 0 Å². The minimum absolute atomic E-state index is 0.0127. The first-order valence-electron chi connectivity index (χ1n) is 6.52. The normalized spacial score (nSPS) is 11.3. The summed E-state index contributed by atoms with van der Waals surface area (Å²) in [5.74, 6) is -1.21. The van der Waals surface area contributed by atoms with Crippen LogP contribution in [-0.2, 0) is 19.6 Å². The molecule has 1 aromatic carbocycles. The van der Waals surface area contributed by atoms with Crippen LogP contribution in [0, 0.1) is 0 Å². The van der Waals surface area contributed by atoms with E-state index in [1.807, 2.05) is 0 Å². The smallest absolute Gasteiger partial charge is 0.303 e. The second-order valence-corrected chi connectivity index (χ2v) is 6.37. The number of sulfonamides is 1. The predicted octanol–water partition coefficient (Wildman–Crippen LogP) is 1.05. The minimum Gasteiger partial charge on any atom is -0.481 e. The summed E-state index contributed by atoms with van der Waals surface area (Å²) in [5.41, 5.74) is 1.18. The van der Waals surface area contributed by atoms with E-state index in [0.29, 0.717) is 18.7 Å². The second kappa shape index (κ2) is 8.18. The number of carboxylic acids is 1. The lowest BCUT2D eigenvalue weighted by molar-refractivity contribution is -0.137. The molecule has 0 atom stereocenters. The van der Waals surface area contributed by atoms with Crippen LogP contribution in [0.15, 0.2) is 30.3 Å². The van der Waals surface area contributed by atoms with Crippen molar-refractivity contribution in [1.82, 2.24) is 5.32 Å². The lowest BCUT2D eigenvalue weighted by atomic mass is 10.2. The molecule has 0 radical (unpaired) electrons. The molecule has 1 rings (SSSR count). The summed E-state index contributed by atoms with van der Waals surface area (Å²) < 4.78 is 24.4. The molecular weight excluding hydrogens is 308 g/mol. The van der Waals surface area contributed by atoms with Crippen LogP contribution in [0.1, 0.15) is 18.4 Å². The van der Waals surface area contributed by atoms with Gasteiger partial charge in [-0.05, 0) is 30.2 Å². The highest BCUT2D eigenvalue weighted by Gasteiger charge is 2.01. The van der Waals surface area contributed by atoms with E-state index in [1.54, 1.807) is 30.3 Å². The van der Waals surface area contributed by atoms with E-state index in [4.69, 9.17) is 5.11 Å². The quantitative estimate of drug-likeness (QED) is 0.488. The zero-order chi connectivity index (χ0) is 16.6. The summed E-state index contributed by atoms with van der Waals surface area (Å²) in [5, 5.41) is 11.0. The molecular formula is C14H18N2O5S. The van der Waals surface area contributed by atoms with Gasteiger partial charge in [-0.15, -0.1) is 0 Å². The number of amides is 1. The first kappa shape index (κ1) is 17.7. The first-order valence-corrected chi connectivity index (χ1v) is 8.41. The Morgan fingerprint density at radius 2 is 1.86 bits per heavy atom. The van der Waals surface area contributed by atoms with E-state index in [0.717, 1.165) is 11.8 Å². The summed E-state index contributed by atoms with van der Waals surface area (Å²) in [7, 11) is -3.31. The Morgan fingerprint density at radius 3 is 2.41 bits per heavy atom. The Kier molecular flexibility index (Phi) is 6.58. The van der Waals surface area contributed by atoms with Gasteiger partial charge in [0.25, 0.3) is 0 Å². The molecule has 0 unspecified atom stereocenters. The standard InChI is InChI=1S/C14H18N2O5S/c1-22(20,21)16-12-7-4-11(5-8-12)6-9-13(17)15-10-2-3-14(18)19/h4-9,16H,2-3,10H2,1H3,(H,15,17)(H,18,19)/b9-6+. The third kappa shape index (κ3) is 8.05. The van der Waals surface area contributed by atoms with E-state index >= 15 is 0 Å². The average molecular weight is 326 g/mol. The third-order valence-electron chi connectivity index (χ3n) is 2.51. The summed E-state index contributed by atoms with van der Waals surface area (Å²) in [6.07, 6.45) is 4.37. The largest absolute Gasteiger partial charge is 0.481 e. The van der Waals surface area contributed by atoms with Gasteiger partial charge in [-0.3, -0.25) is 14.3 Å². The van der Waals surface area contributed by atoms with Gasteiger partial charge in [0, 0.05) is 24.7 Å². The second-order valence-electron chi connectivity index (χ2n) is 4.62. The molecule has 0 saturated carbocycles. The van der Waals surface area contributed by atoms with Gasteiger partial charge in [0.05, 0.1) is 6.26 Å². The molecule has 0 bridgehead atoms. The monoisotopic (exact) mass is 326 g/mol. The maximum Gasteiger partial charge on any atom is 0.303 e. The number of carboxylic acid groups (broad SMARTS) is 1. The summed E-state index contributed by atoms with van der Waals surface area (Å²) in [6, 6.07) is 6.51. The van der Waals surface area contributed by atoms with Crippen LogP contribution < -0.4 is 10.0 Å². The van der Waals surface area contributed by atoms with E-state index in [1.165, 1.54) is 6.08 Å². The van der Waals surface area contributed by atoms with Crippen LogP contribution in [0.2, 0.25) is 0 Å². The molecule has 22 heavy (non-hydrogen) atoms. The molecule has 3 N–H and O–H groups in total. The molecule has 0 saturated heterocycles. The van der Waals surface area contributed by atoms with Crippen molar-refractivity contribution in [2.45, 2.75) is 12.8 Å². The van der Waals surface area contributed by atoms with Gasteiger partial charge >= 0.3 is 5.97 Å². The Labute approximate surface area is 129 Å². The van der Waals surface area contributed by atoms with Gasteiger partial charge < -0.3 is 10.4 Å². The zero-order valence-electron chi connectivity index (χ0n) is 12.1. The SMILES string of the molecule is CS(=O)(=O)Nc1ccc(/C=C/C(=O)NCCCC(=O)O)cc1. The highest BCUT2D eigenvalue weighted by molar-refractivity contribution is 7.92. The van der Waals surface area contributed by atoms with Crippen molar-refractivity contribution in [2.75, 3.05) is 17.5 Å². The van der Waals surface area contributed by atoms with Gasteiger partial charge in [0.1, 0.15) is 0 Å². The molecule has 0 aliphatic rings. The Morgan fingerprint density at radius 1 is 1.23 bits per heavy atom. The van der Waals surface area contributed by atoms with E-state index in [2.05, 4.69) is 10.0 Å². The highest BCUT2D eigenvalue weighted by atomic mass is 32.2. The van der Waals surface area contributed by atoms with Crippen molar-refractivity contribution in [3.8, 4) is 0 Å². The van der Waals surface area contributed by atoms with Gasteiger partial charge in [0.2, 0.25) is 15.9 Å². The zero-order valence-corrected chi connectivity index (χ0v) is 12.9. The Balaban J connectivity index is 2.45. The number of aliphatic carboxylic acids is 1. The molecule has 1 aromatic rings. The van der Waals surface area contributed by atoms with Crippen molar-refractivity contribution < 1.29 is 23.1 Å². The fourth-order valence-electron chi connectivity index (χ4n) is 1.56. The fourth-order valence-corrected chi connectivity index (χ4v) is 2.12. The number of hydrogen-bond acceptors (Lipinski definition) is 4. The Hall–Kier alpha value is -2.35. The van der Waals surface area contributed by atoms with Gasteiger partial charge in [-0.25, -0.2) is 8.42 Å². The maximum atomic E-state index is 11.5. The van der Waals surface area contributed by atoms with Gasteiger partial charge in [-0.2, -0.15) is 0 Å². The minimum atomic E-state index is -3.31. The molecule has 0 fully saturated rings. The van der Waals surface area contributed by atoms with E-state index in [-0.39, 0.29) is 12.3 Å². The number of nitrogens with one attached hydrogen (secondary N) is 2. The highest BCUT2D eigenvalue weighted by Crippen LogP contribution is 2.11. The van der Waals surface area contributed by atoms with Crippen molar-refractivity contribution >= 4 is 33.7 Å². The van der Waals surface area contributed by atoms with Crippen LogP contribution in [-0.4, -0.2) is 38.2 Å². The molecule has 0 spiro atoms. The molecule has 1 amide bonds. The molecule has 0 heterocycles. The van der Waals surface area contributed by atoms with Crippen molar-refractivity contribution in [3.05, 3.63) is 35.9 Å². The number of rotatable bonds is 8. The van der Waals surface area contributed by atoms with Crippen molar-refractivity contribution in [3.63, 3.8) is 0 Å². The average Bonchev–Trinajstić information content (AvgIpc) is 2.41. The molecule has 0 aliphatic heterocycles. The topological polar surface area (TPSA) is 113 Å². The number of benzene rings is 1. The lowest BCUT2D eigenvalue weighted by Crippen LogP contribution is -2.22. The number of anilines is 1. The van der Waals surface area contributed by atoms with Crippen LogP contribution >= 0.6 is 0 Å². The van der Waals surface area contributed by atoms with Crippen LogP contribution in [0.4, 0.5) is 5.69 Å². The van der Waals surface area contributed by atoms with Crippen LogP contribution in [0.25, 0.3) is 6.08 Å². The molecule has 0 aliphatic carbocycles. The number of hydrogen-bond donors (Lipinski definition) is 3. The van der Waals surface area contributed by atoms with E-state index < -0.39 is 16.0 Å². The molecule has 0 aromatic heterocycles. The third-order valence-corrected chi connectivity index (χ3v) is 3.11. The number of carbonyl (C=O) groups is 2.